The highest BCUT2D eigenvalue weighted by molar-refractivity contribution is 4.92. The van der Waals surface area contributed by atoms with Gasteiger partial charge in [0.05, 0.1) is 12.7 Å². The second kappa shape index (κ2) is 5.05. The monoisotopic (exact) mass is 256 g/mol. The SMILES string of the molecule is CO[C@H]1[C@H](C)[C@@H](CO)O[C@H]1n1ccc(=O)[nH]c1=O. The molecule has 2 rings (SSSR count). The Morgan fingerprint density at radius 2 is 2.28 bits per heavy atom. The van der Waals surface area contributed by atoms with E-state index in [4.69, 9.17) is 9.47 Å². The Morgan fingerprint density at radius 3 is 2.83 bits per heavy atom. The van der Waals surface area contributed by atoms with E-state index >= 15 is 0 Å². The van der Waals surface area contributed by atoms with Crippen LogP contribution in [0.4, 0.5) is 0 Å². The molecule has 4 atom stereocenters. The maximum Gasteiger partial charge on any atom is 0.330 e. The molecule has 1 aromatic heterocycles. The largest absolute Gasteiger partial charge is 0.394 e. The van der Waals surface area contributed by atoms with E-state index < -0.39 is 23.6 Å². The first-order valence-electron chi connectivity index (χ1n) is 5.69. The van der Waals surface area contributed by atoms with Crippen molar-refractivity contribution in [3.05, 3.63) is 33.1 Å². The van der Waals surface area contributed by atoms with E-state index in [-0.39, 0.29) is 18.6 Å². The van der Waals surface area contributed by atoms with Crippen LogP contribution in [0.25, 0.3) is 0 Å². The first kappa shape index (κ1) is 13.0. The third kappa shape index (κ3) is 2.12. The summed E-state index contributed by atoms with van der Waals surface area (Å²) in [4.78, 5) is 24.9. The molecule has 1 fully saturated rings. The first-order chi connectivity index (χ1) is 8.58. The van der Waals surface area contributed by atoms with Crippen LogP contribution < -0.4 is 11.2 Å². The van der Waals surface area contributed by atoms with Crippen LogP contribution in [0.3, 0.4) is 0 Å². The third-order valence-electron chi connectivity index (χ3n) is 3.28. The lowest BCUT2D eigenvalue weighted by Crippen LogP contribution is -2.36. The van der Waals surface area contributed by atoms with E-state index in [0.717, 1.165) is 0 Å². The number of aromatic nitrogens is 2. The molecule has 7 heteroatoms. The Morgan fingerprint density at radius 1 is 1.56 bits per heavy atom. The summed E-state index contributed by atoms with van der Waals surface area (Å²) in [6, 6.07) is 1.24. The van der Waals surface area contributed by atoms with Gasteiger partial charge in [-0.15, -0.1) is 0 Å². The van der Waals surface area contributed by atoms with Crippen LogP contribution in [-0.4, -0.2) is 40.6 Å². The van der Waals surface area contributed by atoms with Crippen LogP contribution in [0, 0.1) is 5.92 Å². The lowest BCUT2D eigenvalue weighted by Gasteiger charge is -2.20. The summed E-state index contributed by atoms with van der Waals surface area (Å²) < 4.78 is 12.2. The summed E-state index contributed by atoms with van der Waals surface area (Å²) in [5.41, 5.74) is -1.02. The number of methoxy groups -OCH3 is 1. The molecule has 0 aliphatic carbocycles. The van der Waals surface area contributed by atoms with Gasteiger partial charge in [-0.2, -0.15) is 0 Å². The van der Waals surface area contributed by atoms with Gasteiger partial charge in [0.15, 0.2) is 6.23 Å². The van der Waals surface area contributed by atoms with Crippen molar-refractivity contribution in [2.45, 2.75) is 25.4 Å². The van der Waals surface area contributed by atoms with Crippen LogP contribution >= 0.6 is 0 Å². The van der Waals surface area contributed by atoms with Crippen LogP contribution in [-0.2, 0) is 9.47 Å². The number of rotatable bonds is 3. The molecule has 1 aromatic rings. The summed E-state index contributed by atoms with van der Waals surface area (Å²) in [7, 11) is 1.52. The predicted octanol–water partition coefficient (Wildman–Crippen LogP) is -0.923. The van der Waals surface area contributed by atoms with Gasteiger partial charge in [-0.1, -0.05) is 6.92 Å². The number of ether oxygens (including phenoxy) is 2. The number of hydrogen-bond donors (Lipinski definition) is 2. The number of H-pyrrole nitrogens is 1. The highest BCUT2D eigenvalue weighted by Gasteiger charge is 2.43. The second-order valence-electron chi connectivity index (χ2n) is 4.32. The fourth-order valence-electron chi connectivity index (χ4n) is 2.24. The minimum Gasteiger partial charge on any atom is -0.394 e. The van der Waals surface area contributed by atoms with Crippen molar-refractivity contribution in [2.24, 2.45) is 5.92 Å². The molecule has 0 aromatic carbocycles. The Balaban J connectivity index is 2.38. The molecule has 0 bridgehead atoms. The summed E-state index contributed by atoms with van der Waals surface area (Å²) in [6.45, 7) is 1.74. The molecule has 0 saturated carbocycles. The molecular weight excluding hydrogens is 240 g/mol. The van der Waals surface area contributed by atoms with Crippen molar-refractivity contribution in [2.75, 3.05) is 13.7 Å². The molecule has 0 amide bonds. The molecule has 1 aliphatic rings. The summed E-state index contributed by atoms with van der Waals surface area (Å²) >= 11 is 0. The van der Waals surface area contributed by atoms with Gasteiger partial charge in [0, 0.05) is 25.3 Å². The van der Waals surface area contributed by atoms with Crippen molar-refractivity contribution in [3.63, 3.8) is 0 Å². The zero-order valence-corrected chi connectivity index (χ0v) is 10.2. The fraction of sp³-hybridized carbons (Fsp3) is 0.636. The smallest absolute Gasteiger partial charge is 0.330 e. The Bertz CT molecular complexity index is 523. The lowest BCUT2D eigenvalue weighted by atomic mass is 10.0. The Hall–Kier alpha value is -1.44. The van der Waals surface area contributed by atoms with Gasteiger partial charge >= 0.3 is 5.69 Å². The molecule has 0 unspecified atom stereocenters. The number of aromatic amines is 1. The number of nitrogens with one attached hydrogen (secondary N) is 1. The molecular formula is C11H16N2O5. The van der Waals surface area contributed by atoms with E-state index in [2.05, 4.69) is 4.98 Å². The van der Waals surface area contributed by atoms with Gasteiger partial charge < -0.3 is 14.6 Å². The average Bonchev–Trinajstić information content (AvgIpc) is 2.65. The Kier molecular flexibility index (Phi) is 3.65. The Labute approximate surface area is 103 Å². The van der Waals surface area contributed by atoms with E-state index in [1.807, 2.05) is 6.92 Å². The van der Waals surface area contributed by atoms with Gasteiger partial charge in [-0.05, 0) is 0 Å². The zero-order chi connectivity index (χ0) is 13.3. The molecule has 100 valence electrons. The van der Waals surface area contributed by atoms with Crippen molar-refractivity contribution in [3.8, 4) is 0 Å². The van der Waals surface area contributed by atoms with Gasteiger partial charge in [-0.3, -0.25) is 14.3 Å². The highest BCUT2D eigenvalue weighted by atomic mass is 16.6. The number of aliphatic hydroxyl groups excluding tert-OH is 1. The summed E-state index contributed by atoms with van der Waals surface area (Å²) in [5, 5.41) is 9.20. The standard InChI is InChI=1S/C11H16N2O5/c1-6-7(5-14)18-10(9(6)17-2)13-4-3-8(15)12-11(13)16/h3-4,6-7,9-10,14H,5H2,1-2H3,(H,12,15,16)/t6-,7-,9+,10-/m1/s1. The van der Waals surface area contributed by atoms with Crippen molar-refractivity contribution in [1.29, 1.82) is 0 Å². The molecule has 2 N–H and O–H groups in total. The molecule has 0 spiro atoms. The minimum absolute atomic E-state index is 0.0520. The average molecular weight is 256 g/mol. The second-order valence-corrected chi connectivity index (χ2v) is 4.32. The van der Waals surface area contributed by atoms with Gasteiger partial charge in [0.25, 0.3) is 5.56 Å². The van der Waals surface area contributed by atoms with Gasteiger partial charge in [-0.25, -0.2) is 4.79 Å². The van der Waals surface area contributed by atoms with Crippen LogP contribution in [0.2, 0.25) is 0 Å². The quantitative estimate of drug-likeness (QED) is 0.729. The van der Waals surface area contributed by atoms with Crippen LogP contribution in [0.1, 0.15) is 13.2 Å². The molecule has 7 nitrogen and oxygen atoms in total. The van der Waals surface area contributed by atoms with E-state index in [1.165, 1.54) is 23.9 Å². The number of nitrogens with zero attached hydrogens (tertiary/aromatic N) is 1. The van der Waals surface area contributed by atoms with Crippen LogP contribution in [0.5, 0.6) is 0 Å². The van der Waals surface area contributed by atoms with E-state index in [1.54, 1.807) is 0 Å². The molecule has 1 saturated heterocycles. The topological polar surface area (TPSA) is 93.5 Å². The molecule has 2 heterocycles. The zero-order valence-electron chi connectivity index (χ0n) is 10.2. The molecule has 18 heavy (non-hydrogen) atoms. The molecule has 1 aliphatic heterocycles. The predicted molar refractivity (Wildman–Crippen MR) is 62.3 cm³/mol. The first-order valence-corrected chi connectivity index (χ1v) is 5.69. The van der Waals surface area contributed by atoms with E-state index in [0.29, 0.717) is 0 Å². The van der Waals surface area contributed by atoms with Crippen molar-refractivity contribution in [1.82, 2.24) is 9.55 Å². The number of hydrogen-bond acceptors (Lipinski definition) is 5. The maximum atomic E-state index is 11.7. The normalized spacial score (nSPS) is 31.7. The van der Waals surface area contributed by atoms with Crippen molar-refractivity contribution >= 4 is 0 Å². The molecule has 0 radical (unpaired) electrons. The lowest BCUT2D eigenvalue weighted by molar-refractivity contribution is -0.0625. The highest BCUT2D eigenvalue weighted by Crippen LogP contribution is 2.34. The minimum atomic E-state index is -0.647. The van der Waals surface area contributed by atoms with Crippen molar-refractivity contribution < 1.29 is 14.6 Å². The van der Waals surface area contributed by atoms with E-state index in [9.17, 15) is 14.7 Å². The van der Waals surface area contributed by atoms with Gasteiger partial charge in [0.2, 0.25) is 0 Å². The van der Waals surface area contributed by atoms with Gasteiger partial charge in [0.1, 0.15) is 6.10 Å². The number of aliphatic hydroxyl groups is 1. The fourth-order valence-corrected chi connectivity index (χ4v) is 2.24. The maximum absolute atomic E-state index is 11.7. The third-order valence-corrected chi connectivity index (χ3v) is 3.28. The van der Waals surface area contributed by atoms with Crippen LogP contribution in [0.15, 0.2) is 21.9 Å². The summed E-state index contributed by atoms with van der Waals surface area (Å²) in [5.74, 6) is -0.0520. The summed E-state index contributed by atoms with van der Waals surface area (Å²) in [6.07, 6.45) is -0.0272.